The number of hydrogen-bond donors (Lipinski definition) is 1. The van der Waals surface area contributed by atoms with Gasteiger partial charge in [0, 0.05) is 12.0 Å². The summed E-state index contributed by atoms with van der Waals surface area (Å²) in [5, 5.41) is 16.6. The van der Waals surface area contributed by atoms with Crippen molar-refractivity contribution in [2.45, 2.75) is 32.6 Å². The monoisotopic (exact) mass is 447 g/mol. The summed E-state index contributed by atoms with van der Waals surface area (Å²) in [6, 6.07) is 2.55. The van der Waals surface area contributed by atoms with Crippen molar-refractivity contribution in [2.24, 2.45) is 11.3 Å². The van der Waals surface area contributed by atoms with Crippen LogP contribution in [-0.2, 0) is 19.1 Å². The number of hydrogen-bond acceptors (Lipinski definition) is 8. The van der Waals surface area contributed by atoms with E-state index >= 15 is 0 Å². The highest BCUT2D eigenvalue weighted by Gasteiger charge is 2.28. The van der Waals surface area contributed by atoms with Crippen molar-refractivity contribution < 1.29 is 31.9 Å². The maximum absolute atomic E-state index is 12.5. The van der Waals surface area contributed by atoms with Crippen molar-refractivity contribution in [1.82, 2.24) is 15.2 Å². The summed E-state index contributed by atoms with van der Waals surface area (Å²) in [5.41, 5.74) is -0.669. The van der Waals surface area contributed by atoms with Gasteiger partial charge in [-0.2, -0.15) is 8.42 Å². The lowest BCUT2D eigenvalue weighted by Crippen LogP contribution is -2.41. The number of carboxylic acid groups (broad SMARTS) is 1. The highest BCUT2D eigenvalue weighted by molar-refractivity contribution is 7.87. The summed E-state index contributed by atoms with van der Waals surface area (Å²) >= 11 is 5.92. The van der Waals surface area contributed by atoms with Crippen molar-refractivity contribution in [3.05, 3.63) is 17.2 Å². The Bertz CT molecular complexity index is 1010. The maximum atomic E-state index is 12.5. The Morgan fingerprint density at radius 2 is 1.90 bits per heavy atom. The van der Waals surface area contributed by atoms with Crippen LogP contribution >= 0.6 is 11.6 Å². The zero-order valence-electron chi connectivity index (χ0n) is 16.4. The van der Waals surface area contributed by atoms with Crippen LogP contribution < -0.4 is 0 Å². The molecule has 160 valence electrons. The smallest absolute Gasteiger partial charge is 0.407 e. The van der Waals surface area contributed by atoms with Gasteiger partial charge in [-0.05, 0) is 28.4 Å². The van der Waals surface area contributed by atoms with Crippen LogP contribution in [0.4, 0.5) is 4.79 Å². The molecule has 0 saturated heterocycles. The van der Waals surface area contributed by atoms with Crippen molar-refractivity contribution >= 4 is 44.6 Å². The molecule has 1 N–H and O–H groups in total. The maximum Gasteiger partial charge on any atom is 0.407 e. The van der Waals surface area contributed by atoms with Crippen LogP contribution in [0.25, 0.3) is 11.0 Å². The van der Waals surface area contributed by atoms with Crippen molar-refractivity contribution in [2.75, 3.05) is 19.7 Å². The number of nitrogens with zero attached hydrogens (tertiary/aromatic N) is 3. The molecule has 0 aliphatic rings. The fourth-order valence-electron chi connectivity index (χ4n) is 2.33. The molecule has 2 aromatic rings. The number of carbonyl (C=O) groups excluding carboxylic acids is 1. The molecule has 1 heterocycles. The third-order valence-corrected chi connectivity index (χ3v) is 5.70. The number of benzene rings is 1. The summed E-state index contributed by atoms with van der Waals surface area (Å²) in [5.74, 6) is -0.755. The Hall–Kier alpha value is -2.24. The molecule has 0 radical (unpaired) electrons. The first-order valence-corrected chi connectivity index (χ1v) is 10.4. The Morgan fingerprint density at radius 3 is 2.48 bits per heavy atom. The fourth-order valence-corrected chi connectivity index (χ4v) is 3.67. The minimum Gasteiger partial charge on any atom is -0.465 e. The average molecular weight is 448 g/mol. The quantitative estimate of drug-likeness (QED) is 0.604. The fraction of sp³-hybridized carbons (Fsp3) is 0.529. The first-order valence-electron chi connectivity index (χ1n) is 8.64. The Morgan fingerprint density at radius 1 is 1.28 bits per heavy atom. The average Bonchev–Trinajstić information content (AvgIpc) is 3.09. The highest BCUT2D eigenvalue weighted by atomic mass is 35.5. The molecule has 12 heteroatoms. The number of Topliss-reactive ketones (excluding diaryl/α,β-unsaturated/α-hetero) is 1. The van der Waals surface area contributed by atoms with E-state index in [9.17, 15) is 23.1 Å². The molecule has 0 spiro atoms. The van der Waals surface area contributed by atoms with Gasteiger partial charge in [-0.15, -0.1) is 0 Å². The lowest BCUT2D eigenvalue weighted by Gasteiger charge is -2.25. The third kappa shape index (κ3) is 5.64. The van der Waals surface area contributed by atoms with E-state index in [0.717, 1.165) is 4.90 Å². The molecular formula is C17H22ClN3O7S. The first-order chi connectivity index (χ1) is 13.3. The Kier molecular flexibility index (Phi) is 6.86. The molecule has 10 nitrogen and oxygen atoms in total. The summed E-state index contributed by atoms with van der Waals surface area (Å²) in [6.07, 6.45) is -1.27. The van der Waals surface area contributed by atoms with Crippen LogP contribution in [0.15, 0.2) is 21.7 Å². The van der Waals surface area contributed by atoms with E-state index in [1.165, 1.54) is 12.1 Å². The number of halogens is 1. The molecule has 1 aromatic carbocycles. The van der Waals surface area contributed by atoms with E-state index in [1.807, 2.05) is 0 Å². The third-order valence-electron chi connectivity index (χ3n) is 4.08. The molecule has 0 fully saturated rings. The van der Waals surface area contributed by atoms with Crippen molar-refractivity contribution in [1.29, 1.82) is 0 Å². The van der Waals surface area contributed by atoms with Gasteiger partial charge in [0.1, 0.15) is 4.90 Å². The highest BCUT2D eigenvalue weighted by Crippen LogP contribution is 2.27. The van der Waals surface area contributed by atoms with Gasteiger partial charge < -0.3 is 10.0 Å². The van der Waals surface area contributed by atoms with Gasteiger partial charge in [0.15, 0.2) is 16.8 Å². The van der Waals surface area contributed by atoms with E-state index in [1.54, 1.807) is 27.7 Å². The number of amides is 1. The van der Waals surface area contributed by atoms with Crippen LogP contribution in [0.2, 0.25) is 5.02 Å². The number of fused-ring (bicyclic) bond motifs is 1. The predicted octanol–water partition coefficient (Wildman–Crippen LogP) is 2.81. The molecule has 1 amide bonds. The first kappa shape index (κ1) is 23.0. The number of rotatable bonds is 8. The second kappa shape index (κ2) is 8.64. The molecule has 0 bridgehead atoms. The predicted molar refractivity (Wildman–Crippen MR) is 103 cm³/mol. The molecule has 1 atom stereocenters. The summed E-state index contributed by atoms with van der Waals surface area (Å²) < 4.78 is 34.7. The second-order valence-corrected chi connectivity index (χ2v) is 9.68. The van der Waals surface area contributed by atoms with E-state index < -0.39 is 27.5 Å². The zero-order chi connectivity index (χ0) is 22.0. The van der Waals surface area contributed by atoms with E-state index in [4.69, 9.17) is 15.8 Å². The van der Waals surface area contributed by atoms with Gasteiger partial charge in [0.05, 0.1) is 18.2 Å². The number of carbonyl (C=O) groups is 2. The van der Waals surface area contributed by atoms with Gasteiger partial charge in [-0.25, -0.2) is 9.42 Å². The normalized spacial score (nSPS) is 13.4. The van der Waals surface area contributed by atoms with Crippen LogP contribution in [0.5, 0.6) is 0 Å². The standard InChI is InChI=1S/C17H22ClN3O7S/c1-10(7-21(16(23)24)8-13(22)17(2,3)4)9-27-29(25,26)12-6-5-11(18)14-15(12)20-28-19-14/h5-6,10H,7-9H2,1-4H3,(H,23,24)/t10-/m0/s1. The van der Waals surface area contributed by atoms with Gasteiger partial charge in [0.2, 0.25) is 0 Å². The van der Waals surface area contributed by atoms with E-state index in [0.29, 0.717) is 0 Å². The molecule has 0 aliphatic heterocycles. The Labute approximate surface area is 172 Å². The SMILES string of the molecule is C[C@H](COS(=O)(=O)c1ccc(Cl)c2nonc12)CN(CC(=O)C(C)(C)C)C(=O)O. The lowest BCUT2D eigenvalue weighted by atomic mass is 9.90. The minimum atomic E-state index is -4.22. The molecular weight excluding hydrogens is 426 g/mol. The minimum absolute atomic E-state index is 0.0620. The lowest BCUT2D eigenvalue weighted by molar-refractivity contribution is -0.127. The van der Waals surface area contributed by atoms with Gasteiger partial charge in [0.25, 0.3) is 10.1 Å². The second-order valence-electron chi connectivity index (χ2n) is 7.69. The molecule has 0 aliphatic carbocycles. The van der Waals surface area contributed by atoms with Crippen molar-refractivity contribution in [3.8, 4) is 0 Å². The van der Waals surface area contributed by atoms with Gasteiger partial charge >= 0.3 is 6.09 Å². The molecule has 1 aromatic heterocycles. The summed E-state index contributed by atoms with van der Waals surface area (Å²) in [6.45, 7) is 6.03. The number of ketones is 1. The van der Waals surface area contributed by atoms with E-state index in [-0.39, 0.29) is 46.4 Å². The van der Waals surface area contributed by atoms with E-state index in [2.05, 4.69) is 14.9 Å². The molecule has 0 unspecified atom stereocenters. The summed E-state index contributed by atoms with van der Waals surface area (Å²) in [4.78, 5) is 24.3. The van der Waals surface area contributed by atoms with Crippen molar-refractivity contribution in [3.63, 3.8) is 0 Å². The van der Waals surface area contributed by atoms with Crippen LogP contribution in [-0.4, -0.2) is 60.3 Å². The molecule has 2 rings (SSSR count). The van der Waals surface area contributed by atoms with Gasteiger partial charge in [-0.3, -0.25) is 8.98 Å². The largest absolute Gasteiger partial charge is 0.465 e. The molecule has 29 heavy (non-hydrogen) atoms. The Balaban J connectivity index is 2.07. The van der Waals surface area contributed by atoms with Crippen LogP contribution in [0.1, 0.15) is 27.7 Å². The molecule has 0 saturated carbocycles. The number of aromatic nitrogens is 2. The van der Waals surface area contributed by atoms with Crippen LogP contribution in [0.3, 0.4) is 0 Å². The van der Waals surface area contributed by atoms with Crippen LogP contribution in [0, 0.1) is 11.3 Å². The summed E-state index contributed by atoms with van der Waals surface area (Å²) in [7, 11) is -4.22. The zero-order valence-corrected chi connectivity index (χ0v) is 18.0. The topological polar surface area (TPSA) is 140 Å². The van der Waals surface area contributed by atoms with Gasteiger partial charge in [-0.1, -0.05) is 39.3 Å².